The number of anilines is 1. The van der Waals surface area contributed by atoms with Gasteiger partial charge in [0.25, 0.3) is 5.91 Å². The highest BCUT2D eigenvalue weighted by Crippen LogP contribution is 2.32. The molecule has 0 saturated carbocycles. The van der Waals surface area contributed by atoms with E-state index in [1.165, 1.54) is 12.1 Å². The number of nitro groups is 1. The third-order valence-corrected chi connectivity index (χ3v) is 4.14. The van der Waals surface area contributed by atoms with E-state index in [2.05, 4.69) is 0 Å². The Morgan fingerprint density at radius 3 is 2.83 bits per heavy atom. The predicted molar refractivity (Wildman–Crippen MR) is 90.4 cm³/mol. The van der Waals surface area contributed by atoms with Gasteiger partial charge in [-0.25, -0.2) is 0 Å². The van der Waals surface area contributed by atoms with Crippen LogP contribution in [0.3, 0.4) is 0 Å². The van der Waals surface area contributed by atoms with Crippen molar-refractivity contribution in [2.24, 2.45) is 0 Å². The molecular weight excluding hydrogens is 308 g/mol. The first-order valence-electron chi connectivity index (χ1n) is 7.75. The molecule has 0 radical (unpaired) electrons. The van der Waals surface area contributed by atoms with E-state index in [0.29, 0.717) is 0 Å². The molecule has 6 heteroatoms. The van der Waals surface area contributed by atoms with E-state index in [1.807, 2.05) is 31.2 Å². The van der Waals surface area contributed by atoms with E-state index >= 15 is 0 Å². The van der Waals surface area contributed by atoms with E-state index in [-0.39, 0.29) is 30.0 Å². The second-order valence-electron chi connectivity index (χ2n) is 5.96. The van der Waals surface area contributed by atoms with Crippen molar-refractivity contribution in [3.05, 3.63) is 63.7 Å². The first-order valence-corrected chi connectivity index (χ1v) is 7.75. The van der Waals surface area contributed by atoms with Crippen LogP contribution in [0, 0.1) is 17.0 Å². The van der Waals surface area contributed by atoms with Gasteiger partial charge in [0.05, 0.1) is 4.92 Å². The Balaban J connectivity index is 1.76. The highest BCUT2D eigenvalue weighted by atomic mass is 16.6. The van der Waals surface area contributed by atoms with Gasteiger partial charge in [0, 0.05) is 17.8 Å². The Labute approximate surface area is 139 Å². The van der Waals surface area contributed by atoms with Gasteiger partial charge in [-0.2, -0.15) is 0 Å². The third-order valence-electron chi connectivity index (χ3n) is 4.14. The zero-order valence-electron chi connectivity index (χ0n) is 13.6. The van der Waals surface area contributed by atoms with Crippen LogP contribution in [-0.4, -0.2) is 23.5 Å². The Morgan fingerprint density at radius 2 is 2.08 bits per heavy atom. The van der Waals surface area contributed by atoms with Crippen molar-refractivity contribution in [3.8, 4) is 5.75 Å². The van der Waals surface area contributed by atoms with Gasteiger partial charge in [0.2, 0.25) is 0 Å². The van der Waals surface area contributed by atoms with E-state index in [1.54, 1.807) is 17.9 Å². The second kappa shape index (κ2) is 6.31. The van der Waals surface area contributed by atoms with Crippen LogP contribution in [0.15, 0.2) is 42.5 Å². The molecule has 0 unspecified atom stereocenters. The highest BCUT2D eigenvalue weighted by molar-refractivity contribution is 5.97. The molecule has 1 atom stereocenters. The molecule has 0 bridgehead atoms. The molecule has 0 spiro atoms. The Hall–Kier alpha value is -2.89. The molecule has 0 fully saturated rings. The van der Waals surface area contributed by atoms with Crippen molar-refractivity contribution in [2.45, 2.75) is 26.3 Å². The third kappa shape index (κ3) is 2.95. The van der Waals surface area contributed by atoms with Crippen LogP contribution in [0.1, 0.15) is 18.1 Å². The van der Waals surface area contributed by atoms with Gasteiger partial charge >= 0.3 is 5.69 Å². The molecule has 1 aliphatic heterocycles. The lowest BCUT2D eigenvalue weighted by Crippen LogP contribution is -2.39. The lowest BCUT2D eigenvalue weighted by molar-refractivity contribution is -0.385. The minimum atomic E-state index is -0.499. The summed E-state index contributed by atoms with van der Waals surface area (Å²) in [5.74, 6) is -0.0959. The number of carbonyl (C=O) groups is 1. The summed E-state index contributed by atoms with van der Waals surface area (Å²) in [4.78, 5) is 24.9. The summed E-state index contributed by atoms with van der Waals surface area (Å²) < 4.78 is 5.46. The first-order chi connectivity index (χ1) is 11.5. The van der Waals surface area contributed by atoms with Crippen LogP contribution in [0.4, 0.5) is 11.4 Å². The monoisotopic (exact) mass is 326 g/mol. The molecule has 1 aliphatic rings. The molecule has 0 aromatic heterocycles. The van der Waals surface area contributed by atoms with Crippen LogP contribution in [0.25, 0.3) is 0 Å². The number of fused-ring (bicyclic) bond motifs is 1. The van der Waals surface area contributed by atoms with Crippen molar-refractivity contribution >= 4 is 17.3 Å². The van der Waals surface area contributed by atoms with Crippen molar-refractivity contribution in [1.82, 2.24) is 0 Å². The highest BCUT2D eigenvalue weighted by Gasteiger charge is 2.31. The van der Waals surface area contributed by atoms with E-state index in [9.17, 15) is 14.9 Å². The van der Waals surface area contributed by atoms with Gasteiger partial charge < -0.3 is 9.64 Å². The minimum absolute atomic E-state index is 0.0477. The van der Waals surface area contributed by atoms with E-state index in [0.717, 1.165) is 23.2 Å². The fourth-order valence-corrected chi connectivity index (χ4v) is 3.05. The number of hydrogen-bond donors (Lipinski definition) is 0. The average molecular weight is 326 g/mol. The summed E-state index contributed by atoms with van der Waals surface area (Å²) in [5, 5.41) is 11.1. The summed E-state index contributed by atoms with van der Waals surface area (Å²) in [6.45, 7) is 3.51. The first kappa shape index (κ1) is 16.0. The van der Waals surface area contributed by atoms with Crippen molar-refractivity contribution in [3.63, 3.8) is 0 Å². The fourth-order valence-electron chi connectivity index (χ4n) is 3.05. The van der Waals surface area contributed by atoms with Crippen LogP contribution in [-0.2, 0) is 11.2 Å². The second-order valence-corrected chi connectivity index (χ2v) is 5.96. The number of benzene rings is 2. The Morgan fingerprint density at radius 1 is 1.33 bits per heavy atom. The molecule has 3 rings (SSSR count). The van der Waals surface area contributed by atoms with E-state index < -0.39 is 4.92 Å². The molecule has 0 N–H and O–H groups in total. The zero-order chi connectivity index (χ0) is 17.3. The molecule has 24 heavy (non-hydrogen) atoms. The Bertz CT molecular complexity index is 803. The molecule has 0 aliphatic carbocycles. The quantitative estimate of drug-likeness (QED) is 0.638. The standard InChI is InChI=1S/C18H18N2O4/c1-12-7-8-17(16(9-12)20(22)23)24-11-18(21)19-13(2)10-14-5-3-4-6-15(14)19/h3-9,13H,10-11H2,1-2H3/t13-/m1/s1. The maximum atomic E-state index is 12.6. The normalized spacial score (nSPS) is 15.9. The molecule has 1 amide bonds. The summed E-state index contributed by atoms with van der Waals surface area (Å²) in [5.41, 5.74) is 2.65. The van der Waals surface area contributed by atoms with Gasteiger partial charge in [-0.15, -0.1) is 0 Å². The smallest absolute Gasteiger partial charge is 0.311 e. The van der Waals surface area contributed by atoms with Gasteiger partial charge in [0.15, 0.2) is 12.4 Å². The van der Waals surface area contributed by atoms with Crippen LogP contribution < -0.4 is 9.64 Å². The number of amides is 1. The van der Waals surface area contributed by atoms with Gasteiger partial charge in [0.1, 0.15) is 0 Å². The SMILES string of the molecule is Cc1ccc(OCC(=O)N2c3ccccc3C[C@H]2C)c([N+](=O)[O-])c1. The number of carbonyl (C=O) groups excluding carboxylic acids is 1. The summed E-state index contributed by atoms with van der Waals surface area (Å²) in [6.07, 6.45) is 0.798. The number of aryl methyl sites for hydroxylation is 1. The topological polar surface area (TPSA) is 72.7 Å². The molecule has 1 heterocycles. The molecule has 124 valence electrons. The molecule has 2 aromatic rings. The minimum Gasteiger partial charge on any atom is -0.477 e. The molecule has 2 aromatic carbocycles. The number of nitro benzene ring substituents is 1. The van der Waals surface area contributed by atoms with Gasteiger partial charge in [-0.3, -0.25) is 14.9 Å². The van der Waals surface area contributed by atoms with Crippen LogP contribution >= 0.6 is 0 Å². The molecule has 6 nitrogen and oxygen atoms in total. The maximum Gasteiger partial charge on any atom is 0.311 e. The van der Waals surface area contributed by atoms with Gasteiger partial charge in [-0.05, 0) is 43.5 Å². The number of para-hydroxylation sites is 1. The van der Waals surface area contributed by atoms with Crippen molar-refractivity contribution < 1.29 is 14.5 Å². The zero-order valence-corrected chi connectivity index (χ0v) is 13.6. The number of rotatable bonds is 4. The van der Waals surface area contributed by atoms with E-state index in [4.69, 9.17) is 4.74 Å². The van der Waals surface area contributed by atoms with Crippen molar-refractivity contribution in [2.75, 3.05) is 11.5 Å². The summed E-state index contributed by atoms with van der Waals surface area (Å²) in [7, 11) is 0. The van der Waals surface area contributed by atoms with Crippen LogP contribution in [0.2, 0.25) is 0 Å². The largest absolute Gasteiger partial charge is 0.477 e. The van der Waals surface area contributed by atoms with Crippen molar-refractivity contribution in [1.29, 1.82) is 0 Å². The average Bonchev–Trinajstić information content (AvgIpc) is 2.89. The number of ether oxygens (including phenoxy) is 1. The molecule has 0 saturated heterocycles. The molecular formula is C18H18N2O4. The number of hydrogen-bond acceptors (Lipinski definition) is 4. The van der Waals surface area contributed by atoms with Crippen LogP contribution in [0.5, 0.6) is 5.75 Å². The fraction of sp³-hybridized carbons (Fsp3) is 0.278. The lowest BCUT2D eigenvalue weighted by atomic mass is 10.1. The Kier molecular flexibility index (Phi) is 4.20. The lowest BCUT2D eigenvalue weighted by Gasteiger charge is -2.22. The van der Waals surface area contributed by atoms with Gasteiger partial charge in [-0.1, -0.05) is 24.3 Å². The maximum absolute atomic E-state index is 12.6. The summed E-state index contributed by atoms with van der Waals surface area (Å²) >= 11 is 0. The summed E-state index contributed by atoms with van der Waals surface area (Å²) in [6, 6.07) is 12.5. The predicted octanol–water partition coefficient (Wildman–Crippen LogP) is 3.26. The number of nitrogens with zero attached hydrogens (tertiary/aromatic N) is 2.